The van der Waals surface area contributed by atoms with Crippen LogP contribution in [0.4, 0.5) is 5.88 Å². The van der Waals surface area contributed by atoms with Crippen molar-refractivity contribution in [1.82, 2.24) is 10.1 Å². The van der Waals surface area contributed by atoms with E-state index in [1.54, 1.807) is 18.2 Å². The molecule has 0 unspecified atom stereocenters. The summed E-state index contributed by atoms with van der Waals surface area (Å²) in [5.74, 6) is -0.172. The standard InChI is InChI=1S/C22H23N3O4/c1-22(2,3)18-12-19(29-24-18)23-20(26)16-11-14-7-4-5-8-15(14)13-25(16)21(27)17-9-6-10-28-17/h4-10,12,16H,11,13H2,1-3H3,(H,23,26)/t16-/m1/s1. The Balaban J connectivity index is 1.60. The molecule has 7 nitrogen and oxygen atoms in total. The Hall–Kier alpha value is -3.35. The van der Waals surface area contributed by atoms with Crippen LogP contribution in [0, 0.1) is 0 Å². The summed E-state index contributed by atoms with van der Waals surface area (Å²) in [5.41, 5.74) is 2.61. The predicted molar refractivity (Wildman–Crippen MR) is 106 cm³/mol. The fraction of sp³-hybridized carbons (Fsp3) is 0.318. The molecule has 2 aromatic heterocycles. The second-order valence-corrected chi connectivity index (χ2v) is 8.21. The first-order valence-electron chi connectivity index (χ1n) is 9.52. The first kappa shape index (κ1) is 19.0. The Bertz CT molecular complexity index is 1030. The van der Waals surface area contributed by atoms with Gasteiger partial charge in [-0.05, 0) is 23.3 Å². The fourth-order valence-electron chi connectivity index (χ4n) is 3.40. The number of aromatic nitrogens is 1. The van der Waals surface area contributed by atoms with Crippen LogP contribution in [0.5, 0.6) is 0 Å². The SMILES string of the molecule is CC(C)(C)c1cc(NC(=O)[C@H]2Cc3ccccc3CN2C(=O)c2ccco2)on1. The van der Waals surface area contributed by atoms with Gasteiger partial charge in [0.05, 0.1) is 12.0 Å². The van der Waals surface area contributed by atoms with Crippen molar-refractivity contribution in [3.05, 3.63) is 71.3 Å². The van der Waals surface area contributed by atoms with Crippen molar-refractivity contribution in [2.75, 3.05) is 5.32 Å². The molecule has 1 aliphatic rings. The van der Waals surface area contributed by atoms with Gasteiger partial charge in [-0.3, -0.25) is 14.9 Å². The molecule has 7 heteroatoms. The number of amides is 2. The van der Waals surface area contributed by atoms with Crippen molar-refractivity contribution in [3.8, 4) is 0 Å². The Kier molecular flexibility index (Phi) is 4.74. The largest absolute Gasteiger partial charge is 0.459 e. The number of benzene rings is 1. The van der Waals surface area contributed by atoms with Crippen molar-refractivity contribution in [3.63, 3.8) is 0 Å². The normalized spacial score (nSPS) is 16.4. The molecule has 1 aromatic carbocycles. The number of hydrogen-bond donors (Lipinski definition) is 1. The van der Waals surface area contributed by atoms with Gasteiger partial charge < -0.3 is 13.8 Å². The molecule has 0 fully saturated rings. The Morgan fingerprint density at radius 2 is 1.90 bits per heavy atom. The molecule has 4 rings (SSSR count). The van der Waals surface area contributed by atoms with Crippen molar-refractivity contribution in [2.45, 2.75) is 45.2 Å². The summed E-state index contributed by atoms with van der Waals surface area (Å²) in [6.07, 6.45) is 1.86. The molecule has 1 aliphatic heterocycles. The minimum absolute atomic E-state index is 0.197. The average Bonchev–Trinajstić information content (AvgIpc) is 3.38. The van der Waals surface area contributed by atoms with Gasteiger partial charge in [-0.15, -0.1) is 0 Å². The van der Waals surface area contributed by atoms with Crippen molar-refractivity contribution in [1.29, 1.82) is 0 Å². The lowest BCUT2D eigenvalue weighted by atomic mass is 9.92. The molecule has 1 N–H and O–H groups in total. The minimum Gasteiger partial charge on any atom is -0.459 e. The van der Waals surface area contributed by atoms with Crippen molar-refractivity contribution < 1.29 is 18.5 Å². The molecule has 2 amide bonds. The highest BCUT2D eigenvalue weighted by atomic mass is 16.5. The maximum atomic E-state index is 13.1. The van der Waals surface area contributed by atoms with Crippen LogP contribution >= 0.6 is 0 Å². The highest BCUT2D eigenvalue weighted by Crippen LogP contribution is 2.27. The fourth-order valence-corrected chi connectivity index (χ4v) is 3.40. The number of nitrogens with one attached hydrogen (secondary N) is 1. The van der Waals surface area contributed by atoms with Gasteiger partial charge in [-0.1, -0.05) is 50.2 Å². The van der Waals surface area contributed by atoms with E-state index in [1.165, 1.54) is 11.2 Å². The lowest BCUT2D eigenvalue weighted by molar-refractivity contribution is -0.121. The smallest absolute Gasteiger partial charge is 0.290 e. The van der Waals surface area contributed by atoms with E-state index in [4.69, 9.17) is 8.94 Å². The zero-order valence-corrected chi connectivity index (χ0v) is 16.6. The van der Waals surface area contributed by atoms with Crippen LogP contribution in [0.2, 0.25) is 0 Å². The van der Waals surface area contributed by atoms with Crippen LogP contribution in [0.1, 0.15) is 48.1 Å². The highest BCUT2D eigenvalue weighted by molar-refractivity contribution is 6.00. The van der Waals surface area contributed by atoms with Gasteiger partial charge in [-0.25, -0.2) is 0 Å². The van der Waals surface area contributed by atoms with Crippen LogP contribution in [0.15, 0.2) is 57.7 Å². The molecular formula is C22H23N3O4. The van der Waals surface area contributed by atoms with E-state index in [-0.39, 0.29) is 28.9 Å². The zero-order chi connectivity index (χ0) is 20.6. The number of fused-ring (bicyclic) bond motifs is 1. The maximum Gasteiger partial charge on any atom is 0.290 e. The molecule has 29 heavy (non-hydrogen) atoms. The maximum absolute atomic E-state index is 13.1. The third-order valence-electron chi connectivity index (χ3n) is 5.07. The first-order chi connectivity index (χ1) is 13.8. The van der Waals surface area contributed by atoms with Crippen LogP contribution in [-0.2, 0) is 23.2 Å². The van der Waals surface area contributed by atoms with Gasteiger partial charge in [0.25, 0.3) is 5.91 Å². The second-order valence-electron chi connectivity index (χ2n) is 8.21. The molecule has 1 atom stereocenters. The number of anilines is 1. The summed E-state index contributed by atoms with van der Waals surface area (Å²) in [4.78, 5) is 27.6. The van der Waals surface area contributed by atoms with E-state index in [0.717, 1.165) is 16.8 Å². The summed E-state index contributed by atoms with van der Waals surface area (Å²) in [7, 11) is 0. The van der Waals surface area contributed by atoms with Crippen LogP contribution in [-0.4, -0.2) is 27.9 Å². The number of nitrogens with zero attached hydrogens (tertiary/aromatic N) is 2. The van der Waals surface area contributed by atoms with E-state index < -0.39 is 6.04 Å². The number of rotatable bonds is 3. The molecule has 0 radical (unpaired) electrons. The first-order valence-corrected chi connectivity index (χ1v) is 9.52. The summed E-state index contributed by atoms with van der Waals surface area (Å²) in [5, 5.41) is 6.80. The van der Waals surface area contributed by atoms with Crippen molar-refractivity contribution in [2.24, 2.45) is 0 Å². The molecule has 0 bridgehead atoms. The second kappa shape index (κ2) is 7.24. The van der Waals surface area contributed by atoms with Gasteiger partial charge in [-0.2, -0.15) is 0 Å². The van der Waals surface area contributed by atoms with E-state index in [9.17, 15) is 9.59 Å². The Labute approximate surface area is 168 Å². The highest BCUT2D eigenvalue weighted by Gasteiger charge is 2.36. The summed E-state index contributed by atoms with van der Waals surface area (Å²) in [6.45, 7) is 6.37. The summed E-state index contributed by atoms with van der Waals surface area (Å²) in [6, 6.07) is 12.1. The molecule has 0 saturated carbocycles. The number of carbonyl (C=O) groups excluding carboxylic acids is 2. The molecule has 150 valence electrons. The van der Waals surface area contributed by atoms with Gasteiger partial charge in [0.15, 0.2) is 5.76 Å². The van der Waals surface area contributed by atoms with E-state index in [1.807, 2.05) is 45.0 Å². The minimum atomic E-state index is -0.689. The summed E-state index contributed by atoms with van der Waals surface area (Å²) < 4.78 is 10.6. The number of hydrogen-bond acceptors (Lipinski definition) is 5. The molecule has 0 spiro atoms. The van der Waals surface area contributed by atoms with Crippen LogP contribution < -0.4 is 5.32 Å². The van der Waals surface area contributed by atoms with Crippen LogP contribution in [0.3, 0.4) is 0 Å². The Morgan fingerprint density at radius 1 is 1.14 bits per heavy atom. The van der Waals surface area contributed by atoms with Gasteiger partial charge in [0.2, 0.25) is 11.8 Å². The zero-order valence-electron chi connectivity index (χ0n) is 16.6. The molecule has 3 heterocycles. The third kappa shape index (κ3) is 3.81. The lowest BCUT2D eigenvalue weighted by Gasteiger charge is -2.35. The average molecular weight is 393 g/mol. The molecule has 3 aromatic rings. The van der Waals surface area contributed by atoms with Crippen molar-refractivity contribution >= 4 is 17.7 Å². The topological polar surface area (TPSA) is 88.6 Å². The van der Waals surface area contributed by atoms with E-state index >= 15 is 0 Å². The van der Waals surface area contributed by atoms with Crippen LogP contribution in [0.25, 0.3) is 0 Å². The molecular weight excluding hydrogens is 370 g/mol. The number of carbonyl (C=O) groups is 2. The van der Waals surface area contributed by atoms with E-state index in [0.29, 0.717) is 13.0 Å². The van der Waals surface area contributed by atoms with E-state index in [2.05, 4.69) is 10.5 Å². The van der Waals surface area contributed by atoms with Gasteiger partial charge >= 0.3 is 0 Å². The third-order valence-corrected chi connectivity index (χ3v) is 5.07. The molecule has 0 aliphatic carbocycles. The van der Waals surface area contributed by atoms with Gasteiger partial charge in [0.1, 0.15) is 6.04 Å². The monoisotopic (exact) mass is 393 g/mol. The predicted octanol–water partition coefficient (Wildman–Crippen LogP) is 3.77. The van der Waals surface area contributed by atoms with Gasteiger partial charge in [0, 0.05) is 24.4 Å². The summed E-state index contributed by atoms with van der Waals surface area (Å²) >= 11 is 0. The number of furan rings is 1. The lowest BCUT2D eigenvalue weighted by Crippen LogP contribution is -2.50. The molecule has 0 saturated heterocycles. The quantitative estimate of drug-likeness (QED) is 0.732. The Morgan fingerprint density at radius 3 is 2.55 bits per heavy atom.